The number of fused-ring (bicyclic) bond motifs is 1. The maximum atomic E-state index is 6.02. The van der Waals surface area contributed by atoms with Gasteiger partial charge >= 0.3 is 0 Å². The first-order chi connectivity index (χ1) is 7.95. The van der Waals surface area contributed by atoms with Crippen molar-refractivity contribution in [2.45, 2.75) is 39.2 Å². The van der Waals surface area contributed by atoms with E-state index < -0.39 is 0 Å². The molecule has 0 bridgehead atoms. The molecule has 0 saturated heterocycles. The zero-order valence-corrected chi connectivity index (χ0v) is 12.0. The van der Waals surface area contributed by atoms with Gasteiger partial charge in [0.1, 0.15) is 5.52 Å². The Hall–Kier alpha value is -1.10. The molecule has 0 aliphatic rings. The second kappa shape index (κ2) is 4.29. The molecule has 0 aromatic carbocycles. The molecule has 0 aliphatic carbocycles. The molecule has 92 valence electrons. The molecule has 0 aliphatic heterocycles. The molecule has 2 aromatic heterocycles. The number of nitrogen functional groups attached to an aromatic ring is 1. The fourth-order valence-electron chi connectivity index (χ4n) is 2.28. The third kappa shape index (κ3) is 2.16. The van der Waals surface area contributed by atoms with E-state index >= 15 is 0 Å². The molecule has 0 radical (unpaired) electrons. The first-order valence-corrected chi connectivity index (χ1v) is 6.55. The van der Waals surface area contributed by atoms with Crippen LogP contribution in [0.25, 0.3) is 11.2 Å². The van der Waals surface area contributed by atoms with Crippen LogP contribution in [0.4, 0.5) is 5.95 Å². The summed E-state index contributed by atoms with van der Waals surface area (Å²) in [5.41, 5.74) is 7.64. The normalized spacial score (nSPS) is 12.2. The van der Waals surface area contributed by atoms with Gasteiger partial charge in [0.2, 0.25) is 5.95 Å². The summed E-state index contributed by atoms with van der Waals surface area (Å²) in [7, 11) is 0. The third-order valence-electron chi connectivity index (χ3n) is 2.96. The van der Waals surface area contributed by atoms with Gasteiger partial charge in [0.15, 0.2) is 5.65 Å². The van der Waals surface area contributed by atoms with E-state index in [1.54, 1.807) is 6.20 Å². The van der Waals surface area contributed by atoms with Gasteiger partial charge in [-0.25, -0.2) is 9.97 Å². The number of pyridine rings is 1. The van der Waals surface area contributed by atoms with Crippen LogP contribution in [-0.4, -0.2) is 14.5 Å². The molecule has 0 amide bonds. The quantitative estimate of drug-likeness (QED) is 0.945. The summed E-state index contributed by atoms with van der Waals surface area (Å²) in [6.07, 6.45) is 3.92. The van der Waals surface area contributed by atoms with E-state index in [-0.39, 0.29) is 5.54 Å². The molecule has 0 unspecified atom stereocenters. The zero-order chi connectivity index (χ0) is 12.6. The van der Waals surface area contributed by atoms with Gasteiger partial charge in [0.05, 0.1) is 0 Å². The van der Waals surface area contributed by atoms with Gasteiger partial charge in [-0.3, -0.25) is 4.57 Å². The Morgan fingerprint density at radius 2 is 2.18 bits per heavy atom. The SMILES string of the molecule is CCCC(C)(C)n1c(N)nc2cc(Br)cnc21. The molecular weight excluding hydrogens is 280 g/mol. The van der Waals surface area contributed by atoms with Gasteiger partial charge in [-0.1, -0.05) is 13.3 Å². The van der Waals surface area contributed by atoms with Crippen LogP contribution in [0.1, 0.15) is 33.6 Å². The summed E-state index contributed by atoms with van der Waals surface area (Å²) in [5, 5.41) is 0. The third-order valence-corrected chi connectivity index (χ3v) is 3.39. The molecule has 0 spiro atoms. The molecular formula is C12H17BrN4. The van der Waals surface area contributed by atoms with Gasteiger partial charge in [-0.05, 0) is 42.3 Å². The van der Waals surface area contributed by atoms with Gasteiger partial charge in [-0.15, -0.1) is 0 Å². The molecule has 2 rings (SSSR count). The molecule has 2 heterocycles. The summed E-state index contributed by atoms with van der Waals surface area (Å²) >= 11 is 3.39. The molecule has 5 heteroatoms. The van der Waals surface area contributed by atoms with E-state index in [4.69, 9.17) is 5.73 Å². The number of hydrogen-bond acceptors (Lipinski definition) is 3. The van der Waals surface area contributed by atoms with Crippen LogP contribution in [0, 0.1) is 0 Å². The maximum absolute atomic E-state index is 6.02. The molecule has 0 fully saturated rings. The fraction of sp³-hybridized carbons (Fsp3) is 0.500. The van der Waals surface area contributed by atoms with Crippen molar-refractivity contribution in [3.8, 4) is 0 Å². The second-order valence-electron chi connectivity index (χ2n) is 4.86. The zero-order valence-electron chi connectivity index (χ0n) is 10.4. The van der Waals surface area contributed by atoms with Crippen LogP contribution >= 0.6 is 15.9 Å². The minimum absolute atomic E-state index is 0.0611. The Kier molecular flexibility index (Phi) is 3.12. The number of nitrogens with two attached hydrogens (primary N) is 1. The monoisotopic (exact) mass is 296 g/mol. The minimum atomic E-state index is -0.0611. The van der Waals surface area contributed by atoms with Crippen LogP contribution in [-0.2, 0) is 5.54 Å². The summed E-state index contributed by atoms with van der Waals surface area (Å²) in [4.78, 5) is 8.79. The molecule has 0 saturated carbocycles. The summed E-state index contributed by atoms with van der Waals surface area (Å²) < 4.78 is 2.95. The van der Waals surface area contributed by atoms with E-state index in [0.717, 1.165) is 28.5 Å². The lowest BCUT2D eigenvalue weighted by Crippen LogP contribution is -2.27. The van der Waals surface area contributed by atoms with Crippen LogP contribution in [0.2, 0.25) is 0 Å². The highest BCUT2D eigenvalue weighted by Crippen LogP contribution is 2.30. The topological polar surface area (TPSA) is 56.7 Å². The number of aromatic nitrogens is 3. The first kappa shape index (κ1) is 12.4. The molecule has 0 atom stereocenters. The van der Waals surface area contributed by atoms with E-state index in [1.165, 1.54) is 0 Å². The fourth-order valence-corrected chi connectivity index (χ4v) is 2.60. The highest BCUT2D eigenvalue weighted by atomic mass is 79.9. The van der Waals surface area contributed by atoms with Crippen LogP contribution in [0.3, 0.4) is 0 Å². The van der Waals surface area contributed by atoms with Crippen molar-refractivity contribution >= 4 is 33.0 Å². The van der Waals surface area contributed by atoms with E-state index in [0.29, 0.717) is 5.95 Å². The summed E-state index contributed by atoms with van der Waals surface area (Å²) in [6.45, 7) is 6.50. The Bertz CT molecular complexity index is 545. The summed E-state index contributed by atoms with van der Waals surface area (Å²) in [6, 6.07) is 1.94. The standard InChI is InChI=1S/C12H17BrN4/c1-4-5-12(2,3)17-10-9(16-11(17)14)6-8(13)7-15-10/h6-7H,4-5H2,1-3H3,(H2,14,16). The van der Waals surface area contributed by atoms with Crippen LogP contribution in [0.15, 0.2) is 16.7 Å². The largest absolute Gasteiger partial charge is 0.369 e. The molecule has 2 N–H and O–H groups in total. The van der Waals surface area contributed by atoms with Crippen LogP contribution < -0.4 is 5.73 Å². The number of halogens is 1. The number of anilines is 1. The minimum Gasteiger partial charge on any atom is -0.369 e. The number of hydrogen-bond donors (Lipinski definition) is 1. The van der Waals surface area contributed by atoms with Gasteiger partial charge in [0, 0.05) is 16.2 Å². The molecule has 4 nitrogen and oxygen atoms in total. The predicted octanol–water partition coefficient (Wildman–Crippen LogP) is 3.31. The second-order valence-corrected chi connectivity index (χ2v) is 5.78. The Morgan fingerprint density at radius 3 is 2.82 bits per heavy atom. The van der Waals surface area contributed by atoms with Gasteiger partial charge in [-0.2, -0.15) is 0 Å². The van der Waals surface area contributed by atoms with Gasteiger partial charge in [0.25, 0.3) is 0 Å². The van der Waals surface area contributed by atoms with E-state index in [1.807, 2.05) is 10.6 Å². The average Bonchev–Trinajstić information content (AvgIpc) is 2.53. The lowest BCUT2D eigenvalue weighted by Gasteiger charge is -2.27. The summed E-state index contributed by atoms with van der Waals surface area (Å²) in [5.74, 6) is 0.532. The predicted molar refractivity (Wildman–Crippen MR) is 73.9 cm³/mol. The lowest BCUT2D eigenvalue weighted by atomic mass is 9.98. The van der Waals surface area contributed by atoms with Crippen molar-refractivity contribution < 1.29 is 0 Å². The average molecular weight is 297 g/mol. The lowest BCUT2D eigenvalue weighted by molar-refractivity contribution is 0.336. The van der Waals surface area contributed by atoms with Gasteiger partial charge < -0.3 is 5.73 Å². The Balaban J connectivity index is 2.64. The smallest absolute Gasteiger partial charge is 0.202 e. The van der Waals surface area contributed by atoms with E-state index in [2.05, 4.69) is 46.7 Å². The number of imidazole rings is 1. The number of nitrogens with zero attached hydrogens (tertiary/aromatic N) is 3. The maximum Gasteiger partial charge on any atom is 0.202 e. The van der Waals surface area contributed by atoms with Crippen molar-refractivity contribution in [3.63, 3.8) is 0 Å². The van der Waals surface area contributed by atoms with Crippen LogP contribution in [0.5, 0.6) is 0 Å². The van der Waals surface area contributed by atoms with E-state index in [9.17, 15) is 0 Å². The molecule has 17 heavy (non-hydrogen) atoms. The highest BCUT2D eigenvalue weighted by Gasteiger charge is 2.25. The molecule has 2 aromatic rings. The Morgan fingerprint density at radius 1 is 1.47 bits per heavy atom. The number of rotatable bonds is 3. The van der Waals surface area contributed by atoms with Crippen molar-refractivity contribution in [3.05, 3.63) is 16.7 Å². The first-order valence-electron chi connectivity index (χ1n) is 5.75. The Labute approximate surface area is 109 Å². The van der Waals surface area contributed by atoms with Crippen molar-refractivity contribution in [1.29, 1.82) is 0 Å². The van der Waals surface area contributed by atoms with Crippen molar-refractivity contribution in [2.24, 2.45) is 0 Å². The van der Waals surface area contributed by atoms with Crippen molar-refractivity contribution in [2.75, 3.05) is 5.73 Å². The highest BCUT2D eigenvalue weighted by molar-refractivity contribution is 9.10. The van der Waals surface area contributed by atoms with Crippen molar-refractivity contribution in [1.82, 2.24) is 14.5 Å².